The molecule has 0 spiro atoms. The second-order valence-electron chi connectivity index (χ2n) is 9.64. The predicted molar refractivity (Wildman–Crippen MR) is 141 cm³/mol. The summed E-state index contributed by atoms with van der Waals surface area (Å²) in [7, 11) is 0. The Morgan fingerprint density at radius 3 is 2.69 bits per heavy atom. The zero-order chi connectivity index (χ0) is 25.2. The molecule has 3 heterocycles. The van der Waals surface area contributed by atoms with Crippen LogP contribution in [0.15, 0.2) is 48.9 Å². The van der Waals surface area contributed by atoms with Crippen LogP contribution in [-0.4, -0.2) is 36.5 Å². The summed E-state index contributed by atoms with van der Waals surface area (Å²) in [6.45, 7) is 4.10. The number of pyridine rings is 1. The topological polar surface area (TPSA) is 118 Å². The Balaban J connectivity index is 1.46. The molecular weight excluding hydrogens is 452 g/mol. The molecule has 1 fully saturated rings. The quantitative estimate of drug-likeness (QED) is 0.358. The van der Waals surface area contributed by atoms with E-state index in [2.05, 4.69) is 22.2 Å². The van der Waals surface area contributed by atoms with Gasteiger partial charge < -0.3 is 16.2 Å². The van der Waals surface area contributed by atoms with Gasteiger partial charge in [-0.1, -0.05) is 19.4 Å². The van der Waals surface area contributed by atoms with Crippen molar-refractivity contribution in [3.63, 3.8) is 0 Å². The number of hydrogen-bond acceptors (Lipinski definition) is 6. The fourth-order valence-corrected chi connectivity index (χ4v) is 5.14. The van der Waals surface area contributed by atoms with Crippen molar-refractivity contribution in [1.29, 1.82) is 0 Å². The molecular formula is C28H32N6O2. The minimum atomic E-state index is -0.232. The van der Waals surface area contributed by atoms with Crippen LogP contribution in [0, 0.1) is 6.92 Å². The summed E-state index contributed by atoms with van der Waals surface area (Å²) in [5.74, 6) is 1.95. The van der Waals surface area contributed by atoms with Crippen LogP contribution in [0.3, 0.4) is 0 Å². The average molecular weight is 485 g/mol. The van der Waals surface area contributed by atoms with Gasteiger partial charge in [-0.3, -0.25) is 9.20 Å². The molecule has 5 rings (SSSR count). The highest BCUT2D eigenvalue weighted by molar-refractivity contribution is 6.04. The molecule has 1 amide bonds. The minimum Gasteiger partial charge on any atom is -0.393 e. The zero-order valence-electron chi connectivity index (χ0n) is 20.7. The highest BCUT2D eigenvalue weighted by Gasteiger charge is 2.27. The van der Waals surface area contributed by atoms with E-state index in [1.165, 1.54) is 0 Å². The van der Waals surface area contributed by atoms with Crippen molar-refractivity contribution >= 4 is 23.1 Å². The Morgan fingerprint density at radius 1 is 1.14 bits per heavy atom. The number of nitrogen functional groups attached to an aromatic ring is 1. The maximum absolute atomic E-state index is 13.0. The number of nitrogens with zero attached hydrogens (tertiary/aromatic N) is 4. The fourth-order valence-electron chi connectivity index (χ4n) is 5.14. The second kappa shape index (κ2) is 10.1. The number of anilines is 2. The van der Waals surface area contributed by atoms with Crippen LogP contribution in [0.5, 0.6) is 0 Å². The number of aliphatic hydroxyl groups excluding tert-OH is 1. The smallest absolute Gasteiger partial charge is 0.256 e. The first-order chi connectivity index (χ1) is 17.4. The Morgan fingerprint density at radius 2 is 1.94 bits per heavy atom. The number of fused-ring (bicyclic) bond motifs is 1. The molecule has 1 aliphatic rings. The van der Waals surface area contributed by atoms with Gasteiger partial charge in [0.2, 0.25) is 0 Å². The molecule has 0 radical (unpaired) electrons. The van der Waals surface area contributed by atoms with Crippen molar-refractivity contribution in [3.05, 3.63) is 71.4 Å². The molecule has 1 saturated carbocycles. The van der Waals surface area contributed by atoms with Gasteiger partial charge in [-0.05, 0) is 74.4 Å². The van der Waals surface area contributed by atoms with E-state index in [0.717, 1.165) is 72.3 Å². The summed E-state index contributed by atoms with van der Waals surface area (Å²) >= 11 is 0. The van der Waals surface area contributed by atoms with Crippen LogP contribution >= 0.6 is 0 Å². The number of carbonyl (C=O) groups is 1. The lowest BCUT2D eigenvalue weighted by molar-refractivity contribution is 0.102. The minimum absolute atomic E-state index is 0.205. The van der Waals surface area contributed by atoms with Crippen molar-refractivity contribution in [1.82, 2.24) is 19.4 Å². The molecule has 8 nitrogen and oxygen atoms in total. The number of carbonyl (C=O) groups excluding carboxylic acids is 1. The number of amides is 1. The molecule has 4 aromatic rings. The molecule has 0 aliphatic heterocycles. The van der Waals surface area contributed by atoms with Crippen LogP contribution in [0.4, 0.5) is 11.6 Å². The van der Waals surface area contributed by atoms with E-state index in [9.17, 15) is 9.90 Å². The third-order valence-electron chi connectivity index (χ3n) is 7.02. The van der Waals surface area contributed by atoms with Crippen LogP contribution in [0.1, 0.15) is 72.3 Å². The average Bonchev–Trinajstić information content (AvgIpc) is 3.25. The number of benzene rings is 1. The van der Waals surface area contributed by atoms with Gasteiger partial charge in [-0.25, -0.2) is 15.0 Å². The Bertz CT molecular complexity index is 1400. The van der Waals surface area contributed by atoms with E-state index >= 15 is 0 Å². The molecule has 0 bridgehead atoms. The lowest BCUT2D eigenvalue weighted by atomic mass is 9.87. The van der Waals surface area contributed by atoms with Crippen molar-refractivity contribution in [2.24, 2.45) is 0 Å². The van der Waals surface area contributed by atoms with Crippen LogP contribution < -0.4 is 11.1 Å². The molecule has 0 atom stereocenters. The van der Waals surface area contributed by atoms with Crippen molar-refractivity contribution in [3.8, 4) is 11.3 Å². The van der Waals surface area contributed by atoms with Gasteiger partial charge in [0, 0.05) is 35.6 Å². The van der Waals surface area contributed by atoms with Gasteiger partial charge in [0.15, 0.2) is 0 Å². The maximum Gasteiger partial charge on any atom is 0.256 e. The van der Waals surface area contributed by atoms with E-state index < -0.39 is 0 Å². The normalized spacial score (nSPS) is 17.9. The van der Waals surface area contributed by atoms with E-state index in [1.807, 2.05) is 47.9 Å². The number of nitrogens with two attached hydrogens (primary N) is 1. The van der Waals surface area contributed by atoms with E-state index in [1.54, 1.807) is 12.4 Å². The van der Waals surface area contributed by atoms with E-state index in [0.29, 0.717) is 17.2 Å². The molecule has 186 valence electrons. The number of aliphatic hydroxyl groups is 1. The number of rotatable bonds is 6. The first kappa shape index (κ1) is 23.9. The largest absolute Gasteiger partial charge is 0.393 e. The molecule has 0 unspecified atom stereocenters. The van der Waals surface area contributed by atoms with E-state index in [4.69, 9.17) is 10.7 Å². The first-order valence-electron chi connectivity index (χ1n) is 12.6. The Kier molecular flexibility index (Phi) is 6.69. The third kappa shape index (κ3) is 4.68. The van der Waals surface area contributed by atoms with Gasteiger partial charge in [0.05, 0.1) is 6.10 Å². The summed E-state index contributed by atoms with van der Waals surface area (Å²) in [4.78, 5) is 26.6. The van der Waals surface area contributed by atoms with Crippen molar-refractivity contribution < 1.29 is 9.90 Å². The van der Waals surface area contributed by atoms with Crippen LogP contribution in [0.25, 0.3) is 16.8 Å². The highest BCUT2D eigenvalue weighted by Crippen LogP contribution is 2.37. The molecule has 8 heteroatoms. The number of hydrogen-bond donors (Lipinski definition) is 3. The number of aryl methyl sites for hydroxylation is 2. The monoisotopic (exact) mass is 484 g/mol. The third-order valence-corrected chi connectivity index (χ3v) is 7.02. The van der Waals surface area contributed by atoms with Crippen LogP contribution in [0.2, 0.25) is 0 Å². The molecule has 4 N–H and O–H groups in total. The van der Waals surface area contributed by atoms with E-state index in [-0.39, 0.29) is 17.9 Å². The molecule has 3 aromatic heterocycles. The molecule has 0 saturated heterocycles. The van der Waals surface area contributed by atoms with Crippen molar-refractivity contribution in [2.75, 3.05) is 11.1 Å². The lowest BCUT2D eigenvalue weighted by Crippen LogP contribution is -2.18. The molecule has 36 heavy (non-hydrogen) atoms. The standard InChI is InChI=1S/C28H32N6O2/c1-3-4-18-11-12-30-23(16-18)32-28(36)20-7-10-22(17(2)15-20)24-25-26(29)31-13-14-34(25)27(33-24)19-5-8-21(35)9-6-19/h7,10-16,19,21,35H,3-6,8-9H2,1-2H3,(H2,29,31)(H,30,32,36)/t19-,21-. The Labute approximate surface area is 210 Å². The van der Waals surface area contributed by atoms with Gasteiger partial charge in [0.1, 0.15) is 28.7 Å². The van der Waals surface area contributed by atoms with Gasteiger partial charge in [-0.15, -0.1) is 0 Å². The summed E-state index contributed by atoms with van der Waals surface area (Å²) in [5.41, 5.74) is 11.4. The lowest BCUT2D eigenvalue weighted by Gasteiger charge is -2.24. The van der Waals surface area contributed by atoms with Crippen molar-refractivity contribution in [2.45, 2.75) is 64.4 Å². The summed E-state index contributed by atoms with van der Waals surface area (Å²) in [5, 5.41) is 12.9. The van der Waals surface area contributed by atoms with Crippen LogP contribution in [-0.2, 0) is 6.42 Å². The zero-order valence-corrected chi connectivity index (χ0v) is 20.7. The van der Waals surface area contributed by atoms with Gasteiger partial charge in [0.25, 0.3) is 5.91 Å². The first-order valence-corrected chi connectivity index (χ1v) is 12.6. The molecule has 1 aromatic carbocycles. The van der Waals surface area contributed by atoms with Gasteiger partial charge >= 0.3 is 0 Å². The number of aromatic nitrogens is 4. The summed E-state index contributed by atoms with van der Waals surface area (Å²) in [6, 6.07) is 9.49. The molecule has 1 aliphatic carbocycles. The summed E-state index contributed by atoms with van der Waals surface area (Å²) < 4.78 is 2.04. The predicted octanol–water partition coefficient (Wildman–Crippen LogP) is 4.91. The maximum atomic E-state index is 13.0. The number of nitrogens with one attached hydrogen (secondary N) is 1. The fraction of sp³-hybridized carbons (Fsp3) is 0.357. The highest BCUT2D eigenvalue weighted by atomic mass is 16.3. The van der Waals surface area contributed by atoms with Gasteiger partial charge in [-0.2, -0.15) is 0 Å². The SMILES string of the molecule is CCCc1ccnc(NC(=O)c2ccc(-c3nc([C@H]4CC[C@H](O)CC4)n4ccnc(N)c34)c(C)c2)c1. The number of imidazole rings is 1. The Hall–Kier alpha value is -3.78. The second-order valence-corrected chi connectivity index (χ2v) is 9.64. The summed E-state index contributed by atoms with van der Waals surface area (Å²) in [6.07, 6.45) is 10.4.